The van der Waals surface area contributed by atoms with Crippen molar-refractivity contribution < 1.29 is 4.79 Å². The molecule has 2 rings (SSSR count). The topological polar surface area (TPSA) is 42.0 Å². The summed E-state index contributed by atoms with van der Waals surface area (Å²) in [6.45, 7) is 1.54. The van der Waals surface area contributed by atoms with Crippen molar-refractivity contribution in [1.29, 1.82) is 0 Å². The number of nitrogens with one attached hydrogen (secondary N) is 1. The van der Waals surface area contributed by atoms with Crippen LogP contribution in [-0.4, -0.2) is 10.8 Å². The van der Waals surface area contributed by atoms with Crippen molar-refractivity contribution in [2.24, 2.45) is 0 Å². The molecule has 1 N–H and O–H groups in total. The number of hydrogen-bond acceptors (Lipinski definition) is 3. The molecular formula is C13H11ClN2O. The second-order valence-corrected chi connectivity index (χ2v) is 3.99. The summed E-state index contributed by atoms with van der Waals surface area (Å²) in [6, 6.07) is 12.6. The SMILES string of the molecule is CC(=O)c1ccc(Nc2cccc(Cl)n2)cc1. The number of pyridine rings is 1. The van der Waals surface area contributed by atoms with Crippen LogP contribution in [0.15, 0.2) is 42.5 Å². The number of anilines is 2. The molecule has 0 saturated carbocycles. The molecule has 0 spiro atoms. The standard InChI is InChI=1S/C13H11ClN2O/c1-9(17)10-5-7-11(8-6-10)15-13-4-2-3-12(14)16-13/h2-8H,1H3,(H,15,16). The minimum atomic E-state index is 0.0532. The van der Waals surface area contributed by atoms with Crippen molar-refractivity contribution in [2.45, 2.75) is 6.92 Å². The van der Waals surface area contributed by atoms with Gasteiger partial charge in [0.1, 0.15) is 11.0 Å². The average molecular weight is 247 g/mol. The van der Waals surface area contributed by atoms with Crippen molar-refractivity contribution in [3.8, 4) is 0 Å². The Kier molecular flexibility index (Phi) is 3.40. The van der Waals surface area contributed by atoms with E-state index in [2.05, 4.69) is 10.3 Å². The lowest BCUT2D eigenvalue weighted by molar-refractivity contribution is 0.101. The van der Waals surface area contributed by atoms with Crippen LogP contribution in [0.1, 0.15) is 17.3 Å². The van der Waals surface area contributed by atoms with E-state index >= 15 is 0 Å². The van der Waals surface area contributed by atoms with Crippen molar-refractivity contribution in [3.63, 3.8) is 0 Å². The molecule has 0 amide bonds. The fourth-order valence-electron chi connectivity index (χ4n) is 1.41. The first-order valence-electron chi connectivity index (χ1n) is 5.16. The Hall–Kier alpha value is -1.87. The van der Waals surface area contributed by atoms with Crippen LogP contribution in [0.2, 0.25) is 5.15 Å². The van der Waals surface area contributed by atoms with Gasteiger partial charge in [-0.25, -0.2) is 4.98 Å². The largest absolute Gasteiger partial charge is 0.340 e. The normalized spacial score (nSPS) is 10.0. The molecule has 4 heteroatoms. The molecule has 1 heterocycles. The van der Waals surface area contributed by atoms with Gasteiger partial charge in [0, 0.05) is 11.3 Å². The fourth-order valence-corrected chi connectivity index (χ4v) is 1.58. The lowest BCUT2D eigenvalue weighted by Crippen LogP contribution is -1.95. The molecule has 2 aromatic rings. The number of carbonyl (C=O) groups is 1. The van der Waals surface area contributed by atoms with Gasteiger partial charge < -0.3 is 5.32 Å². The maximum Gasteiger partial charge on any atom is 0.159 e. The van der Waals surface area contributed by atoms with E-state index in [1.54, 1.807) is 25.1 Å². The van der Waals surface area contributed by atoms with E-state index in [0.29, 0.717) is 16.5 Å². The summed E-state index contributed by atoms with van der Waals surface area (Å²) in [6.07, 6.45) is 0. The Balaban J connectivity index is 2.16. The highest BCUT2D eigenvalue weighted by Gasteiger charge is 2.00. The number of nitrogens with zero attached hydrogens (tertiary/aromatic N) is 1. The molecule has 0 saturated heterocycles. The van der Waals surface area contributed by atoms with Gasteiger partial charge in [-0.05, 0) is 43.3 Å². The van der Waals surface area contributed by atoms with E-state index in [1.807, 2.05) is 24.3 Å². The highest BCUT2D eigenvalue weighted by atomic mass is 35.5. The first-order chi connectivity index (χ1) is 8.15. The van der Waals surface area contributed by atoms with E-state index in [4.69, 9.17) is 11.6 Å². The average Bonchev–Trinajstić information content (AvgIpc) is 2.29. The highest BCUT2D eigenvalue weighted by Crippen LogP contribution is 2.17. The minimum Gasteiger partial charge on any atom is -0.340 e. The summed E-state index contributed by atoms with van der Waals surface area (Å²) in [5, 5.41) is 3.54. The van der Waals surface area contributed by atoms with E-state index < -0.39 is 0 Å². The van der Waals surface area contributed by atoms with Crippen LogP contribution < -0.4 is 5.32 Å². The van der Waals surface area contributed by atoms with E-state index in [0.717, 1.165) is 5.69 Å². The summed E-state index contributed by atoms with van der Waals surface area (Å²) in [7, 11) is 0. The van der Waals surface area contributed by atoms with Gasteiger partial charge in [0.2, 0.25) is 0 Å². The molecule has 17 heavy (non-hydrogen) atoms. The van der Waals surface area contributed by atoms with Gasteiger partial charge in [0.15, 0.2) is 5.78 Å². The smallest absolute Gasteiger partial charge is 0.159 e. The first kappa shape index (κ1) is 11.6. The van der Waals surface area contributed by atoms with Crippen molar-refractivity contribution in [1.82, 2.24) is 4.98 Å². The number of aromatic nitrogens is 1. The van der Waals surface area contributed by atoms with Gasteiger partial charge in [-0.1, -0.05) is 17.7 Å². The van der Waals surface area contributed by atoms with Crippen LogP contribution in [0.3, 0.4) is 0 Å². The molecule has 0 aliphatic carbocycles. The van der Waals surface area contributed by atoms with E-state index in [9.17, 15) is 4.79 Å². The zero-order valence-electron chi connectivity index (χ0n) is 9.27. The van der Waals surface area contributed by atoms with Gasteiger partial charge >= 0.3 is 0 Å². The third kappa shape index (κ3) is 3.04. The summed E-state index contributed by atoms with van der Waals surface area (Å²) >= 11 is 5.78. The zero-order chi connectivity index (χ0) is 12.3. The van der Waals surface area contributed by atoms with Crippen molar-refractivity contribution in [2.75, 3.05) is 5.32 Å². The van der Waals surface area contributed by atoms with Crippen LogP contribution in [0.25, 0.3) is 0 Å². The molecule has 0 unspecified atom stereocenters. The van der Waals surface area contributed by atoms with Gasteiger partial charge in [-0.2, -0.15) is 0 Å². The molecule has 3 nitrogen and oxygen atoms in total. The Labute approximate surface area is 104 Å². The predicted molar refractivity (Wildman–Crippen MR) is 69.0 cm³/mol. The summed E-state index contributed by atoms with van der Waals surface area (Å²) in [5.74, 6) is 0.727. The molecule has 86 valence electrons. The molecule has 0 bridgehead atoms. The molecular weight excluding hydrogens is 236 g/mol. The fraction of sp³-hybridized carbons (Fsp3) is 0.0769. The molecule has 0 radical (unpaired) electrons. The maximum atomic E-state index is 11.1. The molecule has 0 aliphatic rings. The Morgan fingerprint density at radius 3 is 2.47 bits per heavy atom. The maximum absolute atomic E-state index is 11.1. The second-order valence-electron chi connectivity index (χ2n) is 3.60. The van der Waals surface area contributed by atoms with E-state index in [-0.39, 0.29) is 5.78 Å². The number of carbonyl (C=O) groups excluding carboxylic acids is 1. The Bertz CT molecular complexity index is 537. The molecule has 0 fully saturated rings. The van der Waals surface area contributed by atoms with Gasteiger partial charge in [0.05, 0.1) is 0 Å². The molecule has 0 aliphatic heterocycles. The van der Waals surface area contributed by atoms with Crippen LogP contribution in [0.5, 0.6) is 0 Å². The lowest BCUT2D eigenvalue weighted by atomic mass is 10.1. The first-order valence-corrected chi connectivity index (χ1v) is 5.53. The van der Waals surface area contributed by atoms with Crippen LogP contribution >= 0.6 is 11.6 Å². The van der Waals surface area contributed by atoms with E-state index in [1.165, 1.54) is 0 Å². The van der Waals surface area contributed by atoms with Gasteiger partial charge in [-0.3, -0.25) is 4.79 Å². The number of ketones is 1. The summed E-state index contributed by atoms with van der Waals surface area (Å²) in [5.41, 5.74) is 1.55. The number of halogens is 1. The predicted octanol–water partition coefficient (Wildman–Crippen LogP) is 3.68. The number of hydrogen-bond donors (Lipinski definition) is 1. The number of rotatable bonds is 3. The highest BCUT2D eigenvalue weighted by molar-refractivity contribution is 6.29. The molecule has 1 aromatic carbocycles. The number of benzene rings is 1. The Morgan fingerprint density at radius 2 is 1.88 bits per heavy atom. The zero-order valence-corrected chi connectivity index (χ0v) is 10.0. The minimum absolute atomic E-state index is 0.0532. The van der Waals surface area contributed by atoms with Gasteiger partial charge in [0.25, 0.3) is 0 Å². The molecule has 0 atom stereocenters. The van der Waals surface area contributed by atoms with Gasteiger partial charge in [-0.15, -0.1) is 0 Å². The molecule has 1 aromatic heterocycles. The third-order valence-electron chi connectivity index (χ3n) is 2.28. The third-order valence-corrected chi connectivity index (χ3v) is 2.49. The Morgan fingerprint density at radius 1 is 1.18 bits per heavy atom. The van der Waals surface area contributed by atoms with Crippen molar-refractivity contribution >= 4 is 28.9 Å². The summed E-state index contributed by atoms with van der Waals surface area (Å²) < 4.78 is 0. The second kappa shape index (κ2) is 4.97. The summed E-state index contributed by atoms with van der Waals surface area (Å²) in [4.78, 5) is 15.2. The quantitative estimate of drug-likeness (QED) is 0.664. The lowest BCUT2D eigenvalue weighted by Gasteiger charge is -2.06. The van der Waals surface area contributed by atoms with Crippen LogP contribution in [0.4, 0.5) is 11.5 Å². The van der Waals surface area contributed by atoms with Crippen LogP contribution in [-0.2, 0) is 0 Å². The van der Waals surface area contributed by atoms with Crippen molar-refractivity contribution in [3.05, 3.63) is 53.2 Å². The number of Topliss-reactive ketones (excluding diaryl/α,β-unsaturated/α-hetero) is 1. The monoisotopic (exact) mass is 246 g/mol. The van der Waals surface area contributed by atoms with Crippen LogP contribution in [0, 0.1) is 0 Å².